The molecule has 0 bridgehead atoms. The van der Waals surface area contributed by atoms with E-state index >= 15 is 0 Å². The minimum atomic E-state index is -5.30. The zero-order chi connectivity index (χ0) is 23.0. The molecule has 1 unspecified atom stereocenters. The number of H-pyrrole nitrogens is 1. The van der Waals surface area contributed by atoms with Crippen LogP contribution in [0, 0.1) is 0 Å². The van der Waals surface area contributed by atoms with Gasteiger partial charge in [-0.3, -0.25) is 10.4 Å². The number of carbonyl (C=O) groups is 3. The first-order valence-corrected chi connectivity index (χ1v) is 9.37. The van der Waals surface area contributed by atoms with Crippen LogP contribution < -0.4 is 10.6 Å². The van der Waals surface area contributed by atoms with Gasteiger partial charge in [0.15, 0.2) is 5.82 Å². The second kappa shape index (κ2) is 7.87. The Morgan fingerprint density at radius 2 is 1.94 bits per heavy atom. The summed E-state index contributed by atoms with van der Waals surface area (Å²) in [5.74, 6) is -2.76. The van der Waals surface area contributed by atoms with Crippen molar-refractivity contribution in [3.05, 3.63) is 53.6 Å². The monoisotopic (exact) mass is 447 g/mol. The number of aromatic amines is 1. The number of ether oxygens (including phenoxy) is 1. The Morgan fingerprint density at radius 1 is 1.22 bits per heavy atom. The van der Waals surface area contributed by atoms with E-state index in [0.29, 0.717) is 22.2 Å². The number of halogens is 3. The second-order valence-electron chi connectivity index (χ2n) is 7.07. The molecule has 0 saturated heterocycles. The Kier molecular flexibility index (Phi) is 5.20. The van der Waals surface area contributed by atoms with Crippen molar-refractivity contribution in [3.8, 4) is 0 Å². The molecule has 9 nitrogen and oxygen atoms in total. The third-order valence-corrected chi connectivity index (χ3v) is 5.02. The maximum atomic E-state index is 12.6. The van der Waals surface area contributed by atoms with Crippen LogP contribution in [-0.2, 0) is 16.1 Å². The Morgan fingerprint density at radius 3 is 2.62 bits per heavy atom. The van der Waals surface area contributed by atoms with Gasteiger partial charge < -0.3 is 15.0 Å². The summed E-state index contributed by atoms with van der Waals surface area (Å²) in [6.07, 6.45) is -6.92. The van der Waals surface area contributed by atoms with Crippen molar-refractivity contribution in [3.63, 3.8) is 0 Å². The first-order chi connectivity index (χ1) is 15.1. The number of benzene rings is 2. The highest BCUT2D eigenvalue weighted by molar-refractivity contribution is 6.03. The number of fused-ring (bicyclic) bond motifs is 2. The van der Waals surface area contributed by atoms with Gasteiger partial charge in [0.05, 0.1) is 18.1 Å². The third kappa shape index (κ3) is 4.06. The standard InChI is InChI=1S/C20H16F3N5O4/c1-10(11-5-3-2-4-6-11)28-9-12-7-13-15(8-14(12)24-18(28)30)26-27-16(13)25-19(31)32-17(29)20(21,22)23/h2-8,10H,9H2,1H3,(H,24,30)(H2,25,26,27,31). The lowest BCUT2D eigenvalue weighted by atomic mass is 10.0. The van der Waals surface area contributed by atoms with Crippen LogP contribution in [0.4, 0.5) is 34.3 Å². The fourth-order valence-electron chi connectivity index (χ4n) is 3.38. The zero-order valence-electron chi connectivity index (χ0n) is 16.5. The number of esters is 1. The van der Waals surface area contributed by atoms with Crippen molar-refractivity contribution in [1.82, 2.24) is 15.1 Å². The van der Waals surface area contributed by atoms with E-state index in [1.165, 1.54) is 0 Å². The Bertz CT molecular complexity index is 1210. The van der Waals surface area contributed by atoms with Crippen LogP contribution in [-0.4, -0.2) is 39.4 Å². The van der Waals surface area contributed by atoms with E-state index in [9.17, 15) is 27.6 Å². The van der Waals surface area contributed by atoms with Gasteiger partial charge in [-0.25, -0.2) is 14.4 Å². The molecule has 0 saturated carbocycles. The van der Waals surface area contributed by atoms with Crippen molar-refractivity contribution in [1.29, 1.82) is 0 Å². The molecule has 4 rings (SSSR count). The lowest BCUT2D eigenvalue weighted by molar-refractivity contribution is -0.192. The van der Waals surface area contributed by atoms with E-state index in [0.717, 1.165) is 5.56 Å². The zero-order valence-corrected chi connectivity index (χ0v) is 16.5. The maximum absolute atomic E-state index is 12.6. The Balaban J connectivity index is 1.58. The summed E-state index contributed by atoms with van der Waals surface area (Å²) in [5, 5.41) is 11.6. The summed E-state index contributed by atoms with van der Waals surface area (Å²) < 4.78 is 40.5. The quantitative estimate of drug-likeness (QED) is 0.409. The Labute approximate surface area is 178 Å². The minimum Gasteiger partial charge on any atom is -0.369 e. The van der Waals surface area contributed by atoms with Gasteiger partial charge in [-0.05, 0) is 30.2 Å². The molecule has 166 valence electrons. The lowest BCUT2D eigenvalue weighted by Gasteiger charge is -2.34. The molecular weight excluding hydrogens is 431 g/mol. The normalized spacial score (nSPS) is 14.5. The van der Waals surface area contributed by atoms with Gasteiger partial charge in [0.1, 0.15) is 0 Å². The maximum Gasteiger partial charge on any atom is 0.491 e. The van der Waals surface area contributed by atoms with Gasteiger partial charge in [0.2, 0.25) is 0 Å². The molecule has 0 aliphatic carbocycles. The average molecular weight is 447 g/mol. The largest absolute Gasteiger partial charge is 0.491 e. The molecule has 1 aliphatic rings. The molecule has 3 amide bonds. The number of hydrogen-bond acceptors (Lipinski definition) is 5. The number of urea groups is 1. The second-order valence-corrected chi connectivity index (χ2v) is 7.07. The molecule has 2 heterocycles. The van der Waals surface area contributed by atoms with Crippen molar-refractivity contribution in [2.24, 2.45) is 0 Å². The van der Waals surface area contributed by atoms with Crippen LogP contribution in [0.15, 0.2) is 42.5 Å². The number of rotatable bonds is 3. The van der Waals surface area contributed by atoms with Gasteiger partial charge in [-0.1, -0.05) is 30.3 Å². The van der Waals surface area contributed by atoms with Crippen LogP contribution in [0.2, 0.25) is 0 Å². The van der Waals surface area contributed by atoms with Crippen LogP contribution in [0.5, 0.6) is 0 Å². The van der Waals surface area contributed by atoms with Crippen LogP contribution in [0.1, 0.15) is 24.1 Å². The summed E-state index contributed by atoms with van der Waals surface area (Å²) in [4.78, 5) is 36.7. The summed E-state index contributed by atoms with van der Waals surface area (Å²) in [7, 11) is 0. The molecule has 0 spiro atoms. The highest BCUT2D eigenvalue weighted by Gasteiger charge is 2.42. The van der Waals surface area contributed by atoms with Crippen LogP contribution in [0.3, 0.4) is 0 Å². The SMILES string of the molecule is CC(c1ccccc1)N1Cc2cc3c(NC(=O)OC(=O)C(F)(F)F)n[nH]c3cc2NC1=O. The number of aromatic nitrogens is 2. The molecule has 32 heavy (non-hydrogen) atoms. The van der Waals surface area contributed by atoms with E-state index in [2.05, 4.69) is 20.3 Å². The van der Waals surface area contributed by atoms with Gasteiger partial charge in [-0.2, -0.15) is 18.3 Å². The molecule has 2 aromatic carbocycles. The van der Waals surface area contributed by atoms with Crippen molar-refractivity contribution >= 4 is 40.5 Å². The van der Waals surface area contributed by atoms with E-state index in [4.69, 9.17) is 0 Å². The molecule has 1 atom stereocenters. The highest BCUT2D eigenvalue weighted by Crippen LogP contribution is 2.34. The number of amides is 3. The van der Waals surface area contributed by atoms with E-state index in [1.54, 1.807) is 17.0 Å². The van der Waals surface area contributed by atoms with Gasteiger partial charge >= 0.3 is 24.3 Å². The molecule has 12 heteroatoms. The van der Waals surface area contributed by atoms with E-state index in [1.807, 2.05) is 42.6 Å². The van der Waals surface area contributed by atoms with E-state index < -0.39 is 18.2 Å². The molecule has 0 radical (unpaired) electrons. The van der Waals surface area contributed by atoms with Crippen molar-refractivity contribution < 1.29 is 32.3 Å². The number of alkyl halides is 3. The third-order valence-electron chi connectivity index (χ3n) is 5.02. The number of anilines is 2. The minimum absolute atomic E-state index is 0.123. The highest BCUT2D eigenvalue weighted by atomic mass is 19.4. The molecule has 3 N–H and O–H groups in total. The fourth-order valence-corrected chi connectivity index (χ4v) is 3.38. The summed E-state index contributed by atoms with van der Waals surface area (Å²) in [5.41, 5.74) is 2.58. The first-order valence-electron chi connectivity index (χ1n) is 9.37. The average Bonchev–Trinajstić information content (AvgIpc) is 3.12. The number of hydrogen-bond donors (Lipinski definition) is 3. The molecule has 3 aromatic rings. The van der Waals surface area contributed by atoms with Gasteiger partial charge in [0.25, 0.3) is 0 Å². The fraction of sp³-hybridized carbons (Fsp3) is 0.200. The molecule has 1 aromatic heterocycles. The smallest absolute Gasteiger partial charge is 0.369 e. The Hall–Kier alpha value is -4.09. The molecule has 1 aliphatic heterocycles. The van der Waals surface area contributed by atoms with Gasteiger partial charge in [-0.15, -0.1) is 0 Å². The van der Waals surface area contributed by atoms with Crippen LogP contribution >= 0.6 is 0 Å². The van der Waals surface area contributed by atoms with Crippen molar-refractivity contribution in [2.45, 2.75) is 25.7 Å². The topological polar surface area (TPSA) is 116 Å². The summed E-state index contributed by atoms with van der Waals surface area (Å²) in [6, 6.07) is 12.1. The van der Waals surface area contributed by atoms with Crippen molar-refractivity contribution in [2.75, 3.05) is 10.6 Å². The molecular formula is C20H16F3N5O4. The number of nitrogens with one attached hydrogen (secondary N) is 3. The van der Waals surface area contributed by atoms with E-state index in [-0.39, 0.29) is 24.4 Å². The van der Waals surface area contributed by atoms with Crippen LogP contribution in [0.25, 0.3) is 10.9 Å². The number of carbonyl (C=O) groups excluding carboxylic acids is 3. The summed E-state index contributed by atoms with van der Waals surface area (Å²) >= 11 is 0. The summed E-state index contributed by atoms with van der Waals surface area (Å²) in [6.45, 7) is 2.13. The molecule has 0 fully saturated rings. The first kappa shape index (κ1) is 21.2. The lowest BCUT2D eigenvalue weighted by Crippen LogP contribution is -2.40. The predicted molar refractivity (Wildman–Crippen MR) is 107 cm³/mol. The van der Waals surface area contributed by atoms with Gasteiger partial charge in [0, 0.05) is 11.1 Å². The predicted octanol–water partition coefficient (Wildman–Crippen LogP) is 4.31. The number of nitrogens with zero attached hydrogens (tertiary/aromatic N) is 2.